The minimum Gasteiger partial charge on any atom is -0.292 e. The Morgan fingerprint density at radius 1 is 1.17 bits per heavy atom. The summed E-state index contributed by atoms with van der Waals surface area (Å²) in [6.07, 6.45) is 8.18. The first-order valence-corrected chi connectivity index (χ1v) is 10.6. The number of hydrogen-bond donors (Lipinski definition) is 1. The van der Waals surface area contributed by atoms with Crippen LogP contribution in [0.5, 0.6) is 0 Å². The first-order chi connectivity index (χ1) is 14.5. The molecule has 0 saturated carbocycles. The van der Waals surface area contributed by atoms with E-state index in [1.807, 2.05) is 6.92 Å². The van der Waals surface area contributed by atoms with Crippen LogP contribution < -0.4 is 5.32 Å². The van der Waals surface area contributed by atoms with Gasteiger partial charge in [-0.1, -0.05) is 30.7 Å². The van der Waals surface area contributed by atoms with Crippen molar-refractivity contribution in [2.75, 3.05) is 13.1 Å². The van der Waals surface area contributed by atoms with Crippen LogP contribution in [-0.4, -0.2) is 41.5 Å². The first kappa shape index (κ1) is 21.9. The zero-order valence-electron chi connectivity index (χ0n) is 17.3. The molecule has 30 heavy (non-hydrogen) atoms. The molecule has 1 heterocycles. The number of imide groups is 2. The number of allylic oxidation sites excluding steroid dienone is 1. The fourth-order valence-corrected chi connectivity index (χ4v) is 3.89. The molecule has 1 unspecified atom stereocenters. The first-order valence-electron chi connectivity index (χ1n) is 10.6. The molecular weight excluding hydrogens is 385 g/mol. The minimum absolute atomic E-state index is 0.271. The van der Waals surface area contributed by atoms with Crippen LogP contribution in [0.3, 0.4) is 0 Å². The molecule has 0 radical (unpaired) electrons. The molecule has 0 spiro atoms. The van der Waals surface area contributed by atoms with Gasteiger partial charge in [-0.15, -0.1) is 0 Å². The number of carbonyl (C=O) groups excluding carboxylic acids is 3. The lowest BCUT2D eigenvalue weighted by atomic mass is 9.94. The molecule has 4 amide bonds. The summed E-state index contributed by atoms with van der Waals surface area (Å²) in [4.78, 5) is 43.3. The van der Waals surface area contributed by atoms with Gasteiger partial charge in [-0.05, 0) is 62.6 Å². The Kier molecular flexibility index (Phi) is 7.49. The number of nitrogens with zero attached hydrogens (tertiary/aromatic N) is 2. The summed E-state index contributed by atoms with van der Waals surface area (Å²) < 4.78 is 13.0. The van der Waals surface area contributed by atoms with Crippen molar-refractivity contribution < 1.29 is 18.8 Å². The Morgan fingerprint density at radius 3 is 2.60 bits per heavy atom. The van der Waals surface area contributed by atoms with Gasteiger partial charge in [-0.2, -0.15) is 0 Å². The van der Waals surface area contributed by atoms with Gasteiger partial charge in [0.2, 0.25) is 11.8 Å². The summed E-state index contributed by atoms with van der Waals surface area (Å²) >= 11 is 0. The lowest BCUT2D eigenvalue weighted by molar-refractivity contribution is -0.139. The third-order valence-electron chi connectivity index (χ3n) is 5.62. The van der Waals surface area contributed by atoms with Gasteiger partial charge < -0.3 is 0 Å². The Balaban J connectivity index is 1.66. The second-order valence-electron chi connectivity index (χ2n) is 7.68. The topological polar surface area (TPSA) is 78.8 Å². The van der Waals surface area contributed by atoms with E-state index < -0.39 is 23.8 Å². The minimum atomic E-state index is -1.07. The molecule has 2 aliphatic rings. The van der Waals surface area contributed by atoms with Crippen molar-refractivity contribution in [3.8, 4) is 0 Å². The number of benzene rings is 1. The molecule has 1 aromatic carbocycles. The highest BCUT2D eigenvalue weighted by Gasteiger charge is 2.42. The molecule has 7 heteroatoms. The normalized spacial score (nSPS) is 20.3. The van der Waals surface area contributed by atoms with Gasteiger partial charge in [0.05, 0.1) is 0 Å². The van der Waals surface area contributed by atoms with Gasteiger partial charge >= 0.3 is 6.03 Å². The van der Waals surface area contributed by atoms with Crippen molar-refractivity contribution >= 4 is 23.6 Å². The summed E-state index contributed by atoms with van der Waals surface area (Å²) in [7, 11) is 0. The monoisotopic (exact) mass is 413 g/mol. The predicted octanol–water partition coefficient (Wildman–Crippen LogP) is 3.80. The van der Waals surface area contributed by atoms with E-state index in [0.29, 0.717) is 31.5 Å². The summed E-state index contributed by atoms with van der Waals surface area (Å²) in [5, 5.41) is 2.31. The predicted molar refractivity (Wildman–Crippen MR) is 113 cm³/mol. The van der Waals surface area contributed by atoms with Crippen molar-refractivity contribution in [1.29, 1.82) is 0 Å². The summed E-state index contributed by atoms with van der Waals surface area (Å²) in [6.45, 7) is 2.49. The molecule has 1 aromatic rings. The van der Waals surface area contributed by atoms with Crippen molar-refractivity contribution in [2.45, 2.75) is 51.9 Å². The van der Waals surface area contributed by atoms with E-state index in [4.69, 9.17) is 0 Å². The van der Waals surface area contributed by atoms with E-state index in [1.165, 1.54) is 24.1 Å². The Labute approximate surface area is 176 Å². The molecular formula is C23H28FN3O3. The van der Waals surface area contributed by atoms with Crippen LogP contribution in [0.1, 0.15) is 51.0 Å². The SMILES string of the molecule is CCC(=NCCc1ccc(F)cc1)C1C(=O)NC(=O)N(CCC2=CCCCC2)C1=O. The molecule has 1 fully saturated rings. The molecule has 6 nitrogen and oxygen atoms in total. The van der Waals surface area contributed by atoms with Crippen molar-refractivity contribution in [3.63, 3.8) is 0 Å². The lowest BCUT2D eigenvalue weighted by Crippen LogP contribution is -2.60. The number of rotatable bonds is 8. The van der Waals surface area contributed by atoms with Crippen LogP contribution in [0.25, 0.3) is 0 Å². The van der Waals surface area contributed by atoms with Gasteiger partial charge in [-0.25, -0.2) is 9.18 Å². The number of aliphatic imine (C=N–C) groups is 1. The smallest absolute Gasteiger partial charge is 0.292 e. The van der Waals surface area contributed by atoms with E-state index in [9.17, 15) is 18.8 Å². The number of nitrogens with one attached hydrogen (secondary N) is 1. The van der Waals surface area contributed by atoms with E-state index >= 15 is 0 Å². The molecule has 0 bridgehead atoms. The fourth-order valence-electron chi connectivity index (χ4n) is 3.89. The van der Waals surface area contributed by atoms with Gasteiger partial charge in [0.1, 0.15) is 5.82 Å². The van der Waals surface area contributed by atoms with Gasteiger partial charge in [0, 0.05) is 18.8 Å². The Morgan fingerprint density at radius 2 is 1.93 bits per heavy atom. The third kappa shape index (κ3) is 5.40. The number of barbiturate groups is 1. The fraction of sp³-hybridized carbons (Fsp3) is 0.478. The molecule has 1 aliphatic heterocycles. The highest BCUT2D eigenvalue weighted by Crippen LogP contribution is 2.22. The number of hydrogen-bond acceptors (Lipinski definition) is 4. The van der Waals surface area contributed by atoms with Crippen molar-refractivity contribution in [2.24, 2.45) is 10.9 Å². The lowest BCUT2D eigenvalue weighted by Gasteiger charge is -2.31. The van der Waals surface area contributed by atoms with Crippen LogP contribution in [0.2, 0.25) is 0 Å². The molecule has 1 aliphatic carbocycles. The van der Waals surface area contributed by atoms with Crippen molar-refractivity contribution in [3.05, 3.63) is 47.3 Å². The second-order valence-corrected chi connectivity index (χ2v) is 7.68. The van der Waals surface area contributed by atoms with Crippen LogP contribution >= 0.6 is 0 Å². The average molecular weight is 413 g/mol. The van der Waals surface area contributed by atoms with E-state index in [-0.39, 0.29) is 12.4 Å². The van der Waals surface area contributed by atoms with Crippen LogP contribution in [0.4, 0.5) is 9.18 Å². The highest BCUT2D eigenvalue weighted by molar-refractivity contribution is 6.27. The Hall–Kier alpha value is -2.83. The van der Waals surface area contributed by atoms with E-state index in [0.717, 1.165) is 29.7 Å². The van der Waals surface area contributed by atoms with Gasteiger partial charge in [-0.3, -0.25) is 24.8 Å². The van der Waals surface area contributed by atoms with Crippen LogP contribution in [0.15, 0.2) is 40.9 Å². The third-order valence-corrected chi connectivity index (χ3v) is 5.62. The largest absolute Gasteiger partial charge is 0.330 e. The molecule has 1 N–H and O–H groups in total. The molecule has 3 rings (SSSR count). The molecule has 160 valence electrons. The second kappa shape index (κ2) is 10.3. The summed E-state index contributed by atoms with van der Waals surface area (Å²) in [5.74, 6) is -2.47. The maximum atomic E-state index is 13.0. The van der Waals surface area contributed by atoms with Gasteiger partial charge in [0.25, 0.3) is 0 Å². The zero-order valence-corrected chi connectivity index (χ0v) is 17.3. The number of urea groups is 1. The summed E-state index contributed by atoms with van der Waals surface area (Å²) in [5.41, 5.74) is 2.65. The summed E-state index contributed by atoms with van der Waals surface area (Å²) in [6, 6.07) is 5.51. The van der Waals surface area contributed by atoms with E-state index in [2.05, 4.69) is 16.4 Å². The molecule has 0 aromatic heterocycles. The van der Waals surface area contributed by atoms with Crippen LogP contribution in [0, 0.1) is 11.7 Å². The standard InChI is InChI=1S/C23H28FN3O3/c1-2-19(25-14-12-17-8-10-18(24)11-9-17)20-21(28)26-23(30)27(22(20)29)15-13-16-6-4-3-5-7-16/h6,8-11,20H,2-5,7,12-15H2,1H3,(H,26,28,30). The Bertz CT molecular complexity index is 861. The van der Waals surface area contributed by atoms with Crippen LogP contribution in [-0.2, 0) is 16.0 Å². The van der Waals surface area contributed by atoms with Gasteiger partial charge in [0.15, 0.2) is 5.92 Å². The molecule has 1 saturated heterocycles. The number of amides is 4. The average Bonchev–Trinajstić information content (AvgIpc) is 2.74. The highest BCUT2D eigenvalue weighted by atomic mass is 19.1. The maximum Gasteiger partial charge on any atom is 0.330 e. The zero-order chi connectivity index (χ0) is 21.5. The molecule has 1 atom stereocenters. The number of carbonyl (C=O) groups is 3. The van der Waals surface area contributed by atoms with Crippen molar-refractivity contribution in [1.82, 2.24) is 10.2 Å². The van der Waals surface area contributed by atoms with E-state index in [1.54, 1.807) is 12.1 Å². The quantitative estimate of drug-likeness (QED) is 0.400. The number of halogens is 1. The maximum absolute atomic E-state index is 13.0.